The standard InChI is InChI=1S/C13H18N2O3S/c1-3-4-7-15(2)19(17,18)13-9-12(6-5-8-16)10-14-11-13/h9-11,16H,3-4,7-8H2,1-2H3. The summed E-state index contributed by atoms with van der Waals surface area (Å²) in [6, 6.07) is 1.47. The van der Waals surface area contributed by atoms with E-state index in [0.29, 0.717) is 12.1 Å². The van der Waals surface area contributed by atoms with Crippen molar-refractivity contribution in [1.82, 2.24) is 9.29 Å². The number of pyridine rings is 1. The van der Waals surface area contributed by atoms with Crippen LogP contribution in [0.3, 0.4) is 0 Å². The molecule has 0 unspecified atom stereocenters. The van der Waals surface area contributed by atoms with Crippen LogP contribution in [0.1, 0.15) is 25.3 Å². The van der Waals surface area contributed by atoms with Crippen LogP contribution >= 0.6 is 0 Å². The molecular weight excluding hydrogens is 264 g/mol. The third-order valence-corrected chi connectivity index (χ3v) is 4.38. The van der Waals surface area contributed by atoms with Gasteiger partial charge in [0, 0.05) is 31.5 Å². The molecule has 1 N–H and O–H groups in total. The summed E-state index contributed by atoms with van der Waals surface area (Å²) < 4.78 is 25.8. The minimum Gasteiger partial charge on any atom is -0.384 e. The Morgan fingerprint density at radius 3 is 2.79 bits per heavy atom. The molecule has 1 rings (SSSR count). The molecule has 0 fully saturated rings. The number of sulfonamides is 1. The topological polar surface area (TPSA) is 70.5 Å². The van der Waals surface area contributed by atoms with Crippen LogP contribution in [0.15, 0.2) is 23.4 Å². The number of nitrogens with zero attached hydrogens (tertiary/aromatic N) is 2. The lowest BCUT2D eigenvalue weighted by Gasteiger charge is -2.16. The van der Waals surface area contributed by atoms with Crippen LogP contribution in [-0.4, -0.2) is 43.0 Å². The average Bonchev–Trinajstić information content (AvgIpc) is 2.42. The highest BCUT2D eigenvalue weighted by molar-refractivity contribution is 7.89. The minimum absolute atomic E-state index is 0.121. The molecule has 1 aromatic rings. The molecule has 0 amide bonds. The molecule has 6 heteroatoms. The molecule has 1 heterocycles. The first-order chi connectivity index (χ1) is 9.02. The predicted octanol–water partition coefficient (Wildman–Crippen LogP) is 0.846. The van der Waals surface area contributed by atoms with Crippen LogP contribution in [0.2, 0.25) is 0 Å². The lowest BCUT2D eigenvalue weighted by Crippen LogP contribution is -2.28. The van der Waals surface area contributed by atoms with Gasteiger partial charge >= 0.3 is 0 Å². The van der Waals surface area contributed by atoms with Gasteiger partial charge in [0.15, 0.2) is 0 Å². The molecular formula is C13H18N2O3S. The fraction of sp³-hybridized carbons (Fsp3) is 0.462. The van der Waals surface area contributed by atoms with Crippen LogP contribution < -0.4 is 0 Å². The highest BCUT2D eigenvalue weighted by Gasteiger charge is 2.20. The van der Waals surface area contributed by atoms with Gasteiger partial charge in [0.25, 0.3) is 0 Å². The molecule has 0 saturated heterocycles. The first-order valence-corrected chi connectivity index (χ1v) is 7.47. The number of hydrogen-bond acceptors (Lipinski definition) is 4. The Kier molecular flexibility index (Phi) is 5.96. The first kappa shape index (κ1) is 15.6. The van der Waals surface area contributed by atoms with Gasteiger partial charge in [-0.3, -0.25) is 4.98 Å². The number of rotatable bonds is 5. The Balaban J connectivity index is 3.01. The first-order valence-electron chi connectivity index (χ1n) is 6.03. The number of aliphatic hydroxyl groups is 1. The molecule has 19 heavy (non-hydrogen) atoms. The van der Waals surface area contributed by atoms with Gasteiger partial charge in [-0.2, -0.15) is 0 Å². The molecule has 0 aliphatic rings. The van der Waals surface area contributed by atoms with Crippen molar-refractivity contribution >= 4 is 10.0 Å². The average molecular weight is 282 g/mol. The van der Waals surface area contributed by atoms with E-state index in [4.69, 9.17) is 5.11 Å². The SMILES string of the molecule is CCCCN(C)S(=O)(=O)c1cncc(C#CCO)c1. The summed E-state index contributed by atoms with van der Waals surface area (Å²) in [4.78, 5) is 4.00. The zero-order valence-electron chi connectivity index (χ0n) is 11.1. The summed E-state index contributed by atoms with van der Waals surface area (Å²) in [5, 5.41) is 8.62. The van der Waals surface area contributed by atoms with Crippen LogP contribution in [0.25, 0.3) is 0 Å². The molecule has 0 radical (unpaired) electrons. The molecule has 0 aliphatic heterocycles. The second kappa shape index (κ2) is 7.24. The number of hydrogen-bond donors (Lipinski definition) is 1. The molecule has 0 atom stereocenters. The maximum absolute atomic E-state index is 12.3. The smallest absolute Gasteiger partial charge is 0.244 e. The number of aromatic nitrogens is 1. The van der Waals surface area contributed by atoms with Gasteiger partial charge in [-0.25, -0.2) is 12.7 Å². The van der Waals surface area contributed by atoms with Crippen LogP contribution in [-0.2, 0) is 10.0 Å². The van der Waals surface area contributed by atoms with E-state index < -0.39 is 10.0 Å². The van der Waals surface area contributed by atoms with E-state index in [0.717, 1.165) is 12.8 Å². The van der Waals surface area contributed by atoms with Gasteiger partial charge < -0.3 is 5.11 Å². The molecule has 5 nitrogen and oxygen atoms in total. The van der Waals surface area contributed by atoms with Crippen molar-refractivity contribution in [3.63, 3.8) is 0 Å². The van der Waals surface area contributed by atoms with Crippen LogP contribution in [0.5, 0.6) is 0 Å². The fourth-order valence-electron chi connectivity index (χ4n) is 1.45. The van der Waals surface area contributed by atoms with Gasteiger partial charge in [-0.15, -0.1) is 0 Å². The van der Waals surface area contributed by atoms with E-state index >= 15 is 0 Å². The van der Waals surface area contributed by atoms with E-state index in [1.807, 2.05) is 6.92 Å². The van der Waals surface area contributed by atoms with Gasteiger partial charge in [0.1, 0.15) is 11.5 Å². The summed E-state index contributed by atoms with van der Waals surface area (Å²) in [7, 11) is -1.97. The Bertz CT molecular complexity index is 573. The zero-order valence-corrected chi connectivity index (χ0v) is 11.9. The third kappa shape index (κ3) is 4.31. The van der Waals surface area contributed by atoms with Crippen molar-refractivity contribution in [2.24, 2.45) is 0 Å². The van der Waals surface area contributed by atoms with Gasteiger partial charge in [0.2, 0.25) is 10.0 Å². The van der Waals surface area contributed by atoms with E-state index in [-0.39, 0.29) is 11.5 Å². The van der Waals surface area contributed by atoms with Crippen LogP contribution in [0.4, 0.5) is 0 Å². The summed E-state index contributed by atoms with van der Waals surface area (Å²) in [6.07, 6.45) is 4.52. The summed E-state index contributed by atoms with van der Waals surface area (Å²) >= 11 is 0. The highest BCUT2D eigenvalue weighted by Crippen LogP contribution is 2.14. The zero-order chi connectivity index (χ0) is 14.3. The Morgan fingerprint density at radius 2 is 2.16 bits per heavy atom. The minimum atomic E-state index is -3.52. The second-order valence-electron chi connectivity index (χ2n) is 4.05. The van der Waals surface area contributed by atoms with E-state index in [1.165, 1.54) is 22.8 Å². The van der Waals surface area contributed by atoms with Gasteiger partial charge in [0.05, 0.1) is 0 Å². The van der Waals surface area contributed by atoms with E-state index in [9.17, 15) is 8.42 Å². The largest absolute Gasteiger partial charge is 0.384 e. The molecule has 0 spiro atoms. The number of aliphatic hydroxyl groups excluding tert-OH is 1. The summed E-state index contributed by atoms with van der Waals surface area (Å²) in [6.45, 7) is 2.21. The molecule has 1 aromatic heterocycles. The Morgan fingerprint density at radius 1 is 1.42 bits per heavy atom. The lowest BCUT2D eigenvalue weighted by atomic mass is 10.3. The maximum Gasteiger partial charge on any atom is 0.244 e. The van der Waals surface area contributed by atoms with Crippen molar-refractivity contribution in [1.29, 1.82) is 0 Å². The van der Waals surface area contributed by atoms with Crippen molar-refractivity contribution in [3.8, 4) is 11.8 Å². The molecule has 0 aromatic carbocycles. The normalized spacial score (nSPS) is 11.2. The maximum atomic E-state index is 12.3. The molecule has 0 bridgehead atoms. The number of unbranched alkanes of at least 4 members (excludes halogenated alkanes) is 1. The van der Waals surface area contributed by atoms with Crippen molar-refractivity contribution in [3.05, 3.63) is 24.0 Å². The Labute approximate surface area is 114 Å². The van der Waals surface area contributed by atoms with E-state index in [2.05, 4.69) is 16.8 Å². The van der Waals surface area contributed by atoms with Crippen molar-refractivity contribution in [2.45, 2.75) is 24.7 Å². The third-order valence-electron chi connectivity index (χ3n) is 2.56. The summed E-state index contributed by atoms with van der Waals surface area (Å²) in [5.41, 5.74) is 0.471. The fourth-order valence-corrected chi connectivity index (χ4v) is 2.65. The van der Waals surface area contributed by atoms with Crippen molar-refractivity contribution in [2.75, 3.05) is 20.2 Å². The quantitative estimate of drug-likeness (QED) is 0.813. The Hall–Kier alpha value is -1.42. The second-order valence-corrected chi connectivity index (χ2v) is 6.09. The monoisotopic (exact) mass is 282 g/mol. The molecule has 104 valence electrons. The van der Waals surface area contributed by atoms with Gasteiger partial charge in [-0.1, -0.05) is 25.2 Å². The van der Waals surface area contributed by atoms with E-state index in [1.54, 1.807) is 7.05 Å². The molecule has 0 saturated carbocycles. The molecule has 0 aliphatic carbocycles. The summed E-state index contributed by atoms with van der Waals surface area (Å²) in [5.74, 6) is 5.11. The lowest BCUT2D eigenvalue weighted by molar-refractivity contribution is 0.350. The predicted molar refractivity (Wildman–Crippen MR) is 72.9 cm³/mol. The van der Waals surface area contributed by atoms with Crippen molar-refractivity contribution < 1.29 is 13.5 Å². The van der Waals surface area contributed by atoms with Gasteiger partial charge in [-0.05, 0) is 12.5 Å². The highest BCUT2D eigenvalue weighted by atomic mass is 32.2. The van der Waals surface area contributed by atoms with Crippen LogP contribution in [0, 0.1) is 11.8 Å².